The molecule has 114 valence electrons. The third-order valence-electron chi connectivity index (χ3n) is 3.41. The summed E-state index contributed by atoms with van der Waals surface area (Å²) in [5.74, 6) is -2.56. The van der Waals surface area contributed by atoms with Crippen LogP contribution in [-0.4, -0.2) is 10.9 Å². The molecular formula is C15H11F3N2O2. The molecule has 0 N–H and O–H groups in total. The standard InChI is InChI=1S/C15H11F3N2O2/c1-8-4-14(19-22-8)20-3-2-10(21)7-13(20)15-11(17)5-9(16)6-12(15)18/h2-6,13H,7H2,1H3. The predicted octanol–water partition coefficient (Wildman–Crippen LogP) is 3.43. The van der Waals surface area contributed by atoms with Crippen molar-refractivity contribution in [2.75, 3.05) is 4.90 Å². The summed E-state index contributed by atoms with van der Waals surface area (Å²) in [5, 5.41) is 3.79. The summed E-state index contributed by atoms with van der Waals surface area (Å²) in [5.41, 5.74) is -0.375. The monoisotopic (exact) mass is 308 g/mol. The SMILES string of the molecule is Cc1cc(N2C=CC(=O)CC2c2c(F)cc(F)cc2F)no1. The molecule has 7 heteroatoms. The first kappa shape index (κ1) is 14.4. The minimum Gasteiger partial charge on any atom is -0.360 e. The number of nitrogens with zero attached hydrogens (tertiary/aromatic N) is 2. The second-order valence-electron chi connectivity index (χ2n) is 4.99. The first-order chi connectivity index (χ1) is 10.5. The third kappa shape index (κ3) is 2.49. The lowest BCUT2D eigenvalue weighted by molar-refractivity contribution is -0.115. The average Bonchev–Trinajstić information content (AvgIpc) is 2.84. The van der Waals surface area contributed by atoms with E-state index in [1.807, 2.05) is 0 Å². The van der Waals surface area contributed by atoms with E-state index in [1.54, 1.807) is 13.0 Å². The lowest BCUT2D eigenvalue weighted by Crippen LogP contribution is -2.30. The number of carbonyl (C=O) groups excluding carboxylic acids is 1. The zero-order chi connectivity index (χ0) is 15.9. The lowest BCUT2D eigenvalue weighted by atomic mass is 9.96. The number of hydrogen-bond donors (Lipinski definition) is 0. The molecule has 0 bridgehead atoms. The lowest BCUT2D eigenvalue weighted by Gasteiger charge is -2.31. The van der Waals surface area contributed by atoms with Crippen LogP contribution in [0.3, 0.4) is 0 Å². The molecule has 0 amide bonds. The first-order valence-corrected chi connectivity index (χ1v) is 6.53. The molecule has 1 atom stereocenters. The van der Waals surface area contributed by atoms with Gasteiger partial charge in [0, 0.05) is 36.4 Å². The van der Waals surface area contributed by atoms with E-state index in [0.29, 0.717) is 23.7 Å². The van der Waals surface area contributed by atoms with Crippen molar-refractivity contribution in [3.63, 3.8) is 0 Å². The Morgan fingerprint density at radius 1 is 1.23 bits per heavy atom. The van der Waals surface area contributed by atoms with E-state index >= 15 is 0 Å². The van der Waals surface area contributed by atoms with Crippen LogP contribution in [-0.2, 0) is 4.79 Å². The van der Waals surface area contributed by atoms with Gasteiger partial charge in [0.25, 0.3) is 0 Å². The van der Waals surface area contributed by atoms with Crippen LogP contribution in [0.4, 0.5) is 19.0 Å². The van der Waals surface area contributed by atoms with Crippen LogP contribution < -0.4 is 4.90 Å². The van der Waals surface area contributed by atoms with E-state index < -0.39 is 23.5 Å². The van der Waals surface area contributed by atoms with Crippen LogP contribution in [0.25, 0.3) is 0 Å². The van der Waals surface area contributed by atoms with Crippen LogP contribution in [0.5, 0.6) is 0 Å². The molecule has 0 radical (unpaired) electrons. The second-order valence-corrected chi connectivity index (χ2v) is 4.99. The molecule has 2 aromatic rings. The minimum absolute atomic E-state index is 0.151. The third-order valence-corrected chi connectivity index (χ3v) is 3.41. The van der Waals surface area contributed by atoms with Crippen molar-refractivity contribution in [3.8, 4) is 0 Å². The highest BCUT2D eigenvalue weighted by atomic mass is 19.1. The Morgan fingerprint density at radius 2 is 1.91 bits per heavy atom. The van der Waals surface area contributed by atoms with Gasteiger partial charge in [-0.15, -0.1) is 0 Å². The highest BCUT2D eigenvalue weighted by Gasteiger charge is 2.32. The molecule has 0 saturated carbocycles. The molecule has 0 aliphatic carbocycles. The number of benzene rings is 1. The summed E-state index contributed by atoms with van der Waals surface area (Å²) in [6.07, 6.45) is 2.53. The topological polar surface area (TPSA) is 46.3 Å². The van der Waals surface area contributed by atoms with Crippen molar-refractivity contribution < 1.29 is 22.5 Å². The molecule has 0 fully saturated rings. The van der Waals surface area contributed by atoms with E-state index in [4.69, 9.17) is 4.52 Å². The van der Waals surface area contributed by atoms with Crippen LogP contribution >= 0.6 is 0 Å². The molecule has 1 unspecified atom stereocenters. The van der Waals surface area contributed by atoms with Gasteiger partial charge in [-0.1, -0.05) is 5.16 Å². The Bertz CT molecular complexity index is 747. The van der Waals surface area contributed by atoms with Gasteiger partial charge < -0.3 is 9.42 Å². The van der Waals surface area contributed by atoms with Gasteiger partial charge in [0.2, 0.25) is 0 Å². The van der Waals surface area contributed by atoms with Gasteiger partial charge >= 0.3 is 0 Å². The van der Waals surface area contributed by atoms with Gasteiger partial charge in [-0.3, -0.25) is 4.79 Å². The number of ketones is 1. The maximum atomic E-state index is 14.0. The van der Waals surface area contributed by atoms with Gasteiger partial charge in [0.1, 0.15) is 23.2 Å². The summed E-state index contributed by atoms with van der Waals surface area (Å²) in [7, 11) is 0. The van der Waals surface area contributed by atoms with E-state index in [0.717, 1.165) is 0 Å². The molecule has 4 nitrogen and oxygen atoms in total. The highest BCUT2D eigenvalue weighted by molar-refractivity contribution is 5.92. The first-order valence-electron chi connectivity index (χ1n) is 6.53. The molecule has 22 heavy (non-hydrogen) atoms. The van der Waals surface area contributed by atoms with Gasteiger partial charge in [0.15, 0.2) is 11.6 Å². The minimum atomic E-state index is -1.05. The number of anilines is 1. The number of rotatable bonds is 2. The van der Waals surface area contributed by atoms with Gasteiger partial charge in [-0.05, 0) is 13.0 Å². The smallest absolute Gasteiger partial charge is 0.176 e. The normalized spacial score (nSPS) is 18.1. The number of aryl methyl sites for hydroxylation is 1. The van der Waals surface area contributed by atoms with Crippen molar-refractivity contribution in [1.82, 2.24) is 5.16 Å². The zero-order valence-corrected chi connectivity index (χ0v) is 11.5. The summed E-state index contributed by atoms with van der Waals surface area (Å²) in [6, 6.07) is 1.80. The molecule has 3 rings (SSSR count). The van der Waals surface area contributed by atoms with Gasteiger partial charge in [-0.25, -0.2) is 13.2 Å². The molecule has 0 saturated heterocycles. The van der Waals surface area contributed by atoms with E-state index in [-0.39, 0.29) is 17.8 Å². The van der Waals surface area contributed by atoms with Crippen LogP contribution in [0.15, 0.2) is 35.0 Å². The number of halogens is 3. The summed E-state index contributed by atoms with van der Waals surface area (Å²) in [6.45, 7) is 1.67. The number of aromatic nitrogens is 1. The molecule has 1 aromatic heterocycles. The summed E-state index contributed by atoms with van der Waals surface area (Å²) >= 11 is 0. The Labute approximate surface area is 123 Å². The van der Waals surface area contributed by atoms with Gasteiger partial charge in [0.05, 0.1) is 6.04 Å². The van der Waals surface area contributed by atoms with Crippen molar-refractivity contribution in [3.05, 3.63) is 59.3 Å². The second kappa shape index (κ2) is 5.32. The molecule has 1 aliphatic heterocycles. The Balaban J connectivity index is 2.10. The molecular weight excluding hydrogens is 297 g/mol. The van der Waals surface area contributed by atoms with E-state index in [9.17, 15) is 18.0 Å². The van der Waals surface area contributed by atoms with Gasteiger partial charge in [-0.2, -0.15) is 0 Å². The Hall–Kier alpha value is -2.57. The average molecular weight is 308 g/mol. The van der Waals surface area contributed by atoms with Crippen molar-refractivity contribution >= 4 is 11.6 Å². The summed E-state index contributed by atoms with van der Waals surface area (Å²) in [4.78, 5) is 13.1. The van der Waals surface area contributed by atoms with Crippen molar-refractivity contribution in [1.29, 1.82) is 0 Å². The summed E-state index contributed by atoms with van der Waals surface area (Å²) < 4.78 is 46.1. The molecule has 1 aliphatic rings. The fourth-order valence-corrected chi connectivity index (χ4v) is 2.45. The van der Waals surface area contributed by atoms with Crippen LogP contribution in [0, 0.1) is 24.4 Å². The number of allylic oxidation sites excluding steroid dienone is 1. The van der Waals surface area contributed by atoms with Crippen LogP contribution in [0.1, 0.15) is 23.8 Å². The van der Waals surface area contributed by atoms with E-state index in [1.165, 1.54) is 17.2 Å². The van der Waals surface area contributed by atoms with Crippen LogP contribution in [0.2, 0.25) is 0 Å². The Morgan fingerprint density at radius 3 is 2.50 bits per heavy atom. The highest BCUT2D eigenvalue weighted by Crippen LogP contribution is 2.35. The van der Waals surface area contributed by atoms with Crippen molar-refractivity contribution in [2.45, 2.75) is 19.4 Å². The van der Waals surface area contributed by atoms with E-state index in [2.05, 4.69) is 5.16 Å². The fourth-order valence-electron chi connectivity index (χ4n) is 2.45. The number of hydrogen-bond acceptors (Lipinski definition) is 4. The maximum Gasteiger partial charge on any atom is 0.176 e. The maximum absolute atomic E-state index is 14.0. The quantitative estimate of drug-likeness (QED) is 0.852. The predicted molar refractivity (Wildman–Crippen MR) is 71.5 cm³/mol. The number of carbonyl (C=O) groups is 1. The fraction of sp³-hybridized carbons (Fsp3) is 0.200. The molecule has 0 spiro atoms. The largest absolute Gasteiger partial charge is 0.360 e. The zero-order valence-electron chi connectivity index (χ0n) is 11.5. The molecule has 1 aromatic carbocycles. The Kier molecular flexibility index (Phi) is 3.48. The molecule has 2 heterocycles. The van der Waals surface area contributed by atoms with Crippen molar-refractivity contribution in [2.24, 2.45) is 0 Å².